The minimum atomic E-state index is 0. The second-order valence-corrected chi connectivity index (χ2v) is 7.85. The number of fused-ring (bicyclic) bond motifs is 1. The summed E-state index contributed by atoms with van der Waals surface area (Å²) < 4.78 is 0. The van der Waals surface area contributed by atoms with Gasteiger partial charge in [0.2, 0.25) is 0 Å². The smallest absolute Gasteiger partial charge is 0.0460 e. The van der Waals surface area contributed by atoms with Gasteiger partial charge in [-0.25, -0.2) is 0 Å². The Balaban J connectivity index is 0.000000644. The number of nitrogens with two attached hydrogens (primary N) is 1. The van der Waals surface area contributed by atoms with Crippen LogP contribution in [0.4, 0.5) is 0 Å². The molecule has 168 valence electrons. The van der Waals surface area contributed by atoms with Gasteiger partial charge in [-0.15, -0.1) is 0 Å². The molecule has 5 heteroatoms. The van der Waals surface area contributed by atoms with Crippen LogP contribution in [-0.4, -0.2) is 17.2 Å². The minimum absolute atomic E-state index is 0. The van der Waals surface area contributed by atoms with Gasteiger partial charge in [0.05, 0.1) is 0 Å². The first-order chi connectivity index (χ1) is 14.5. The van der Waals surface area contributed by atoms with Gasteiger partial charge >= 0.3 is 0 Å². The van der Waals surface area contributed by atoms with Gasteiger partial charge in [0.25, 0.3) is 0 Å². The van der Waals surface area contributed by atoms with E-state index >= 15 is 0 Å². The Morgan fingerprint density at radius 3 is 2.35 bits per heavy atom. The molecule has 0 saturated carbocycles. The largest absolute Gasteiger partial charge is 0.398 e. The maximum Gasteiger partial charge on any atom is 0.0460 e. The Labute approximate surface area is 218 Å². The van der Waals surface area contributed by atoms with Crippen LogP contribution in [0, 0.1) is 43.1 Å². The van der Waals surface area contributed by atoms with Gasteiger partial charge in [-0.05, 0) is 45.7 Å². The summed E-state index contributed by atoms with van der Waals surface area (Å²) >= 11 is 5.84. The van der Waals surface area contributed by atoms with E-state index in [1.807, 2.05) is 44.2 Å². The van der Waals surface area contributed by atoms with E-state index in [0.29, 0.717) is 17.3 Å². The van der Waals surface area contributed by atoms with Crippen LogP contribution in [0.2, 0.25) is 5.02 Å². The molecule has 3 rings (SSSR count). The normalized spacial score (nSPS) is 12.0. The summed E-state index contributed by atoms with van der Waals surface area (Å²) in [6.07, 6.45) is 10.6. The Morgan fingerprint density at radius 1 is 1.10 bits per heavy atom. The van der Waals surface area contributed by atoms with Gasteiger partial charge in [-0.3, -0.25) is 4.98 Å². The van der Waals surface area contributed by atoms with Crippen LogP contribution < -0.4 is 5.73 Å². The van der Waals surface area contributed by atoms with Crippen molar-refractivity contribution in [2.75, 3.05) is 6.54 Å². The molecule has 0 bridgehead atoms. The van der Waals surface area contributed by atoms with Crippen molar-refractivity contribution in [3.63, 3.8) is 0 Å². The van der Waals surface area contributed by atoms with E-state index in [2.05, 4.69) is 36.8 Å². The first-order valence-electron chi connectivity index (χ1n) is 11.2. The number of pyridine rings is 1. The summed E-state index contributed by atoms with van der Waals surface area (Å²) in [5.74, 6) is 0.904. The number of unbranched alkanes of at least 4 members (excludes halogenated alkanes) is 3. The molecule has 2 N–H and O–H groups in total. The average molecular weight is 665 g/mol. The molecular formula is C26H37ClN3U-. The Hall–Kier alpha value is -1.08. The quantitative estimate of drug-likeness (QED) is 0.260. The number of rotatable bonds is 6. The number of nitrogens with zero attached hydrogens (tertiary/aromatic N) is 2. The average Bonchev–Trinajstić information content (AvgIpc) is 2.93. The zero-order valence-corrected chi connectivity index (χ0v) is 24.6. The first-order valence-corrected chi connectivity index (χ1v) is 11.5. The molecule has 0 spiro atoms. The minimum Gasteiger partial charge on any atom is -0.398 e. The van der Waals surface area contributed by atoms with Gasteiger partial charge in [0.1, 0.15) is 0 Å². The molecule has 31 heavy (non-hydrogen) atoms. The van der Waals surface area contributed by atoms with E-state index in [1.54, 1.807) is 12.3 Å². The van der Waals surface area contributed by atoms with E-state index in [1.165, 1.54) is 32.1 Å². The summed E-state index contributed by atoms with van der Waals surface area (Å²) in [5, 5.41) is 0.559. The molecule has 2 heterocycles. The summed E-state index contributed by atoms with van der Waals surface area (Å²) in [5.41, 5.74) is 10.2. The monoisotopic (exact) mass is 664 g/mol. The molecule has 3 nitrogen and oxygen atoms in total. The third-order valence-corrected chi connectivity index (χ3v) is 4.78. The Bertz CT molecular complexity index is 799. The topological polar surface area (TPSA) is 51.3 Å². The van der Waals surface area contributed by atoms with Crippen molar-refractivity contribution < 1.29 is 31.1 Å². The first kappa shape index (κ1) is 29.9. The van der Waals surface area contributed by atoms with Crippen molar-refractivity contribution in [2.45, 2.75) is 66.7 Å². The molecule has 0 saturated heterocycles. The number of aliphatic imine (C=N–C) groups is 1. The van der Waals surface area contributed by atoms with Gasteiger partial charge in [-0.2, -0.15) is 23.7 Å². The molecule has 1 aliphatic rings. The van der Waals surface area contributed by atoms with E-state index in [-0.39, 0.29) is 31.1 Å². The van der Waals surface area contributed by atoms with Crippen LogP contribution in [-0.2, 0) is 0 Å². The van der Waals surface area contributed by atoms with Gasteiger partial charge in [-0.1, -0.05) is 91.0 Å². The van der Waals surface area contributed by atoms with Crippen LogP contribution in [0.15, 0.2) is 47.6 Å². The van der Waals surface area contributed by atoms with E-state index in [9.17, 15) is 0 Å². The molecule has 1 aromatic heterocycles. The second-order valence-electron chi connectivity index (χ2n) is 7.42. The zero-order valence-electron chi connectivity index (χ0n) is 19.7. The third-order valence-electron chi connectivity index (χ3n) is 4.58. The fourth-order valence-corrected chi connectivity index (χ4v) is 3.12. The standard InChI is InChI=1S/C15H11ClN3.C9H20.C2H6.U/c16-10-5-6-14(19-9-10)15-12-4-2-1-3-11(12)13(17)7-8-18-15;1-4-5-6-7-8-9(2)3;1-2;/h1-5,7,9H,8,17H2;9H,4-8H2,1-3H3;1-2H3;/q-1;;;. The number of halogens is 1. The SMILES string of the molecule is CC.CCCCCCC(C)C.NC1=CCN=C(c2[c-]cc(Cl)cn2)c2ccccc21.[U]. The molecule has 0 fully saturated rings. The second kappa shape index (κ2) is 17.5. The predicted molar refractivity (Wildman–Crippen MR) is 132 cm³/mol. The van der Waals surface area contributed by atoms with Crippen LogP contribution in [0.3, 0.4) is 0 Å². The molecule has 1 aromatic carbocycles. The third kappa shape index (κ3) is 10.9. The fourth-order valence-electron chi connectivity index (χ4n) is 3.02. The number of hydrogen-bond donors (Lipinski definition) is 1. The van der Waals surface area contributed by atoms with Crippen molar-refractivity contribution >= 4 is 23.0 Å². The number of aromatic nitrogens is 1. The van der Waals surface area contributed by atoms with Crippen molar-refractivity contribution in [3.05, 3.63) is 70.5 Å². The number of benzene rings is 1. The van der Waals surface area contributed by atoms with E-state index in [4.69, 9.17) is 17.3 Å². The maximum atomic E-state index is 6.05. The number of hydrogen-bond acceptors (Lipinski definition) is 3. The van der Waals surface area contributed by atoms with Gasteiger partial charge in [0.15, 0.2) is 0 Å². The van der Waals surface area contributed by atoms with E-state index in [0.717, 1.165) is 28.5 Å². The zero-order chi connectivity index (χ0) is 22.4. The summed E-state index contributed by atoms with van der Waals surface area (Å²) in [4.78, 5) is 8.82. The van der Waals surface area contributed by atoms with Crippen molar-refractivity contribution in [3.8, 4) is 0 Å². The van der Waals surface area contributed by atoms with Crippen LogP contribution in [0.5, 0.6) is 0 Å². The van der Waals surface area contributed by atoms with Crippen LogP contribution >= 0.6 is 11.6 Å². The molecule has 0 amide bonds. The van der Waals surface area contributed by atoms with Crippen LogP contribution in [0.25, 0.3) is 5.70 Å². The van der Waals surface area contributed by atoms with Crippen LogP contribution in [0.1, 0.15) is 83.5 Å². The Kier molecular flexibility index (Phi) is 16.9. The molecule has 0 aliphatic carbocycles. The van der Waals surface area contributed by atoms with Crippen molar-refractivity contribution in [2.24, 2.45) is 16.6 Å². The molecule has 2 aromatic rings. The Morgan fingerprint density at radius 2 is 1.77 bits per heavy atom. The molecule has 0 atom stereocenters. The summed E-state index contributed by atoms with van der Waals surface area (Å²) in [6.45, 7) is 11.4. The molecule has 0 unspecified atom stereocenters. The summed E-state index contributed by atoms with van der Waals surface area (Å²) in [7, 11) is 0. The van der Waals surface area contributed by atoms with Gasteiger partial charge in [0, 0.05) is 43.4 Å². The predicted octanol–water partition coefficient (Wildman–Crippen LogP) is 7.32. The summed E-state index contributed by atoms with van der Waals surface area (Å²) in [6, 6.07) is 12.6. The molecule has 0 radical (unpaired) electrons. The van der Waals surface area contributed by atoms with Crippen molar-refractivity contribution in [1.82, 2.24) is 4.98 Å². The van der Waals surface area contributed by atoms with Crippen molar-refractivity contribution in [1.29, 1.82) is 0 Å². The fraction of sp³-hybridized carbons (Fsp3) is 0.462. The van der Waals surface area contributed by atoms with E-state index < -0.39 is 0 Å². The maximum absolute atomic E-state index is 6.05. The molecular weight excluding hydrogens is 628 g/mol. The van der Waals surface area contributed by atoms with Gasteiger partial charge < -0.3 is 10.7 Å². The molecule has 1 aliphatic heterocycles.